The van der Waals surface area contributed by atoms with Crippen molar-refractivity contribution in [3.8, 4) is 0 Å². The summed E-state index contributed by atoms with van der Waals surface area (Å²) in [6.07, 6.45) is 1.47. The molecule has 0 saturated heterocycles. The number of nitrogens with zero attached hydrogens (tertiary/aromatic N) is 2. The molecule has 0 bridgehead atoms. The lowest BCUT2D eigenvalue weighted by atomic mass is 10.0. The maximum absolute atomic E-state index is 5.84. The summed E-state index contributed by atoms with van der Waals surface area (Å²) >= 11 is 7.59. The van der Waals surface area contributed by atoms with E-state index in [1.165, 1.54) is 11.2 Å². The summed E-state index contributed by atoms with van der Waals surface area (Å²) in [6.45, 7) is 4.36. The fourth-order valence-corrected chi connectivity index (χ4v) is 2.70. The van der Waals surface area contributed by atoms with Gasteiger partial charge in [-0.2, -0.15) is 0 Å². The molecule has 3 nitrogen and oxygen atoms in total. The average Bonchev–Trinajstić information content (AvgIpc) is 2.78. The lowest BCUT2D eigenvalue weighted by Gasteiger charge is -2.21. The Balaban J connectivity index is 2.19. The van der Waals surface area contributed by atoms with Gasteiger partial charge >= 0.3 is 0 Å². The maximum atomic E-state index is 5.84. The third kappa shape index (κ3) is 3.17. The zero-order valence-corrected chi connectivity index (χ0v) is 11.3. The molecule has 0 saturated carbocycles. The van der Waals surface area contributed by atoms with Crippen molar-refractivity contribution in [3.05, 3.63) is 39.9 Å². The van der Waals surface area contributed by atoms with E-state index in [1.807, 2.05) is 0 Å². The molecule has 1 atom stereocenters. The standard InChI is InChI=1S/C12H14ClN3S/c1-8(2)12(9-4-3-5-17-9)16-11-6-10(13)14-7-15-11/h3-8,12H,1-2H3,(H,14,15,16). The van der Waals surface area contributed by atoms with Gasteiger partial charge in [0.15, 0.2) is 0 Å². The van der Waals surface area contributed by atoms with E-state index >= 15 is 0 Å². The Kier molecular flexibility index (Phi) is 3.97. The molecule has 5 heteroatoms. The summed E-state index contributed by atoms with van der Waals surface area (Å²) < 4.78 is 0. The van der Waals surface area contributed by atoms with Crippen molar-refractivity contribution in [2.24, 2.45) is 5.92 Å². The van der Waals surface area contributed by atoms with E-state index in [0.29, 0.717) is 11.1 Å². The molecule has 2 heterocycles. The van der Waals surface area contributed by atoms with Crippen LogP contribution in [-0.2, 0) is 0 Å². The van der Waals surface area contributed by atoms with Gasteiger partial charge in [0.05, 0.1) is 6.04 Å². The first-order valence-electron chi connectivity index (χ1n) is 5.44. The Morgan fingerprint density at radius 1 is 1.35 bits per heavy atom. The van der Waals surface area contributed by atoms with Gasteiger partial charge in [-0.15, -0.1) is 11.3 Å². The van der Waals surface area contributed by atoms with E-state index in [4.69, 9.17) is 11.6 Å². The summed E-state index contributed by atoms with van der Waals surface area (Å²) in [6, 6.07) is 6.18. The summed E-state index contributed by atoms with van der Waals surface area (Å²) in [5, 5.41) is 5.93. The number of rotatable bonds is 4. The molecule has 0 amide bonds. The summed E-state index contributed by atoms with van der Waals surface area (Å²) in [5.41, 5.74) is 0. The molecule has 0 aliphatic rings. The van der Waals surface area contributed by atoms with Crippen molar-refractivity contribution >= 4 is 28.8 Å². The summed E-state index contributed by atoms with van der Waals surface area (Å²) in [7, 11) is 0. The Morgan fingerprint density at radius 3 is 2.76 bits per heavy atom. The highest BCUT2D eigenvalue weighted by atomic mass is 35.5. The first kappa shape index (κ1) is 12.3. The highest BCUT2D eigenvalue weighted by Gasteiger charge is 2.17. The quantitative estimate of drug-likeness (QED) is 0.851. The van der Waals surface area contributed by atoms with E-state index in [1.54, 1.807) is 17.4 Å². The molecule has 17 heavy (non-hydrogen) atoms. The van der Waals surface area contributed by atoms with Crippen LogP contribution in [0.15, 0.2) is 29.9 Å². The van der Waals surface area contributed by atoms with Crippen molar-refractivity contribution < 1.29 is 0 Å². The van der Waals surface area contributed by atoms with Gasteiger partial charge in [0, 0.05) is 10.9 Å². The van der Waals surface area contributed by atoms with Crippen LogP contribution in [0, 0.1) is 5.92 Å². The molecule has 0 radical (unpaired) electrons. The highest BCUT2D eigenvalue weighted by molar-refractivity contribution is 7.10. The second-order valence-corrected chi connectivity index (χ2v) is 5.47. The third-order valence-electron chi connectivity index (χ3n) is 2.45. The van der Waals surface area contributed by atoms with Crippen LogP contribution in [0.3, 0.4) is 0 Å². The summed E-state index contributed by atoms with van der Waals surface area (Å²) in [5.74, 6) is 1.24. The first-order valence-corrected chi connectivity index (χ1v) is 6.70. The van der Waals surface area contributed by atoms with E-state index in [2.05, 4.69) is 46.6 Å². The lowest BCUT2D eigenvalue weighted by Crippen LogP contribution is -2.16. The SMILES string of the molecule is CC(C)C(Nc1cc(Cl)ncn1)c1cccs1. The molecule has 2 aromatic heterocycles. The largest absolute Gasteiger partial charge is 0.362 e. The monoisotopic (exact) mass is 267 g/mol. The van der Waals surface area contributed by atoms with Crippen LogP contribution in [0.5, 0.6) is 0 Å². The Bertz CT molecular complexity index is 470. The smallest absolute Gasteiger partial charge is 0.134 e. The Labute approximate surface area is 110 Å². The molecule has 0 aliphatic heterocycles. The van der Waals surface area contributed by atoms with E-state index in [9.17, 15) is 0 Å². The predicted octanol–water partition coefficient (Wildman–Crippen LogP) is 4.00. The normalized spacial score (nSPS) is 12.7. The lowest BCUT2D eigenvalue weighted by molar-refractivity contribution is 0.552. The van der Waals surface area contributed by atoms with Crippen LogP contribution in [0.25, 0.3) is 0 Å². The van der Waals surface area contributed by atoms with E-state index in [-0.39, 0.29) is 6.04 Å². The minimum absolute atomic E-state index is 0.251. The van der Waals surface area contributed by atoms with Gasteiger partial charge in [-0.05, 0) is 17.4 Å². The molecule has 1 N–H and O–H groups in total. The molecular formula is C12H14ClN3S. The predicted molar refractivity (Wildman–Crippen MR) is 72.6 cm³/mol. The second kappa shape index (κ2) is 5.47. The number of halogens is 1. The van der Waals surface area contributed by atoms with Crippen molar-refractivity contribution in [2.45, 2.75) is 19.9 Å². The van der Waals surface area contributed by atoms with Gasteiger partial charge in [-0.1, -0.05) is 31.5 Å². The Hall–Kier alpha value is -1.13. The fourth-order valence-electron chi connectivity index (χ4n) is 1.61. The van der Waals surface area contributed by atoms with Crippen molar-refractivity contribution in [3.63, 3.8) is 0 Å². The number of hydrogen-bond acceptors (Lipinski definition) is 4. The molecule has 2 rings (SSSR count). The zero-order valence-electron chi connectivity index (χ0n) is 9.72. The first-order chi connectivity index (χ1) is 8.16. The van der Waals surface area contributed by atoms with Gasteiger partial charge in [0.25, 0.3) is 0 Å². The van der Waals surface area contributed by atoms with Gasteiger partial charge in [-0.25, -0.2) is 9.97 Å². The zero-order chi connectivity index (χ0) is 12.3. The number of thiophene rings is 1. The molecule has 1 unspecified atom stereocenters. The number of hydrogen-bond donors (Lipinski definition) is 1. The number of nitrogens with one attached hydrogen (secondary N) is 1. The minimum atomic E-state index is 0.251. The number of aromatic nitrogens is 2. The van der Waals surface area contributed by atoms with Crippen LogP contribution in [0.2, 0.25) is 5.15 Å². The maximum Gasteiger partial charge on any atom is 0.134 e. The van der Waals surface area contributed by atoms with Crippen molar-refractivity contribution in [1.82, 2.24) is 9.97 Å². The number of anilines is 1. The van der Waals surface area contributed by atoms with Gasteiger partial charge in [0.1, 0.15) is 17.3 Å². The summed E-state index contributed by atoms with van der Waals surface area (Å²) in [4.78, 5) is 9.34. The molecule has 0 aliphatic carbocycles. The molecular weight excluding hydrogens is 254 g/mol. The van der Waals surface area contributed by atoms with Gasteiger partial charge in [0.2, 0.25) is 0 Å². The van der Waals surface area contributed by atoms with Crippen LogP contribution in [-0.4, -0.2) is 9.97 Å². The van der Waals surface area contributed by atoms with Crippen LogP contribution in [0.1, 0.15) is 24.8 Å². The molecule has 90 valence electrons. The molecule has 2 aromatic rings. The van der Waals surface area contributed by atoms with Gasteiger partial charge in [-0.3, -0.25) is 0 Å². The van der Waals surface area contributed by atoms with E-state index in [0.717, 1.165) is 5.82 Å². The van der Waals surface area contributed by atoms with Crippen LogP contribution < -0.4 is 5.32 Å². The highest BCUT2D eigenvalue weighted by Crippen LogP contribution is 2.29. The Morgan fingerprint density at radius 2 is 2.18 bits per heavy atom. The van der Waals surface area contributed by atoms with Crippen molar-refractivity contribution in [1.29, 1.82) is 0 Å². The van der Waals surface area contributed by atoms with Crippen molar-refractivity contribution in [2.75, 3.05) is 5.32 Å². The average molecular weight is 268 g/mol. The topological polar surface area (TPSA) is 37.8 Å². The minimum Gasteiger partial charge on any atom is -0.362 e. The molecule has 0 fully saturated rings. The van der Waals surface area contributed by atoms with Crippen LogP contribution >= 0.6 is 22.9 Å². The van der Waals surface area contributed by atoms with Crippen LogP contribution in [0.4, 0.5) is 5.82 Å². The molecule has 0 aromatic carbocycles. The molecule has 0 spiro atoms. The second-order valence-electron chi connectivity index (χ2n) is 4.11. The van der Waals surface area contributed by atoms with Gasteiger partial charge < -0.3 is 5.32 Å². The third-order valence-corrected chi connectivity index (χ3v) is 3.62. The fraction of sp³-hybridized carbons (Fsp3) is 0.333. The van der Waals surface area contributed by atoms with E-state index < -0.39 is 0 Å².